The molecule has 0 saturated heterocycles. The van der Waals surface area contributed by atoms with Crippen LogP contribution in [-0.4, -0.2) is 16.5 Å². The van der Waals surface area contributed by atoms with Crippen molar-refractivity contribution in [2.45, 2.75) is 32.7 Å². The fourth-order valence-electron chi connectivity index (χ4n) is 2.21. The predicted molar refractivity (Wildman–Crippen MR) is 84.7 cm³/mol. The second kappa shape index (κ2) is 7.28. The number of nitrogens with one attached hydrogen (secondary N) is 1. The molecule has 0 aliphatic rings. The molecule has 1 aromatic heterocycles. The molecule has 0 fully saturated rings. The number of benzene rings is 1. The van der Waals surface area contributed by atoms with E-state index in [9.17, 15) is 10.1 Å². The van der Waals surface area contributed by atoms with Gasteiger partial charge in [-0.3, -0.25) is 10.1 Å². The van der Waals surface area contributed by atoms with E-state index in [1.165, 1.54) is 0 Å². The molecule has 0 radical (unpaired) electrons. The topological polar surface area (TPSA) is 68.1 Å². The van der Waals surface area contributed by atoms with Crippen LogP contribution in [0.5, 0.6) is 0 Å². The van der Waals surface area contributed by atoms with Gasteiger partial charge in [-0.1, -0.05) is 25.1 Å². The van der Waals surface area contributed by atoms with E-state index in [2.05, 4.69) is 17.2 Å². The predicted octanol–water partition coefficient (Wildman–Crippen LogP) is 3.64. The van der Waals surface area contributed by atoms with Crippen LogP contribution in [-0.2, 0) is 6.42 Å². The average Bonchev–Trinajstić information content (AvgIpc) is 2.90. The number of aryl methyl sites for hydroxylation is 1. The Morgan fingerprint density at radius 3 is 2.81 bits per heavy atom. The molecule has 1 atom stereocenters. The molecule has 0 spiro atoms. The molecule has 6 heteroatoms. The molecule has 0 saturated carbocycles. The standard InChI is InChI=1S/C15H19N3O2S/c1-3-8-16-13(15-10-17-11(2)21-15)9-12-6-4-5-7-14(12)18(19)20/h4-7,10,13,16H,3,8-9H2,1-2H3. The molecule has 1 heterocycles. The molecule has 2 rings (SSSR count). The number of rotatable bonds is 7. The van der Waals surface area contributed by atoms with Crippen LogP contribution in [0.15, 0.2) is 30.5 Å². The lowest BCUT2D eigenvalue weighted by molar-refractivity contribution is -0.385. The first-order valence-electron chi connectivity index (χ1n) is 6.99. The Morgan fingerprint density at radius 1 is 1.43 bits per heavy atom. The van der Waals surface area contributed by atoms with Crippen molar-refractivity contribution in [3.05, 3.63) is 56.0 Å². The molecule has 1 unspecified atom stereocenters. The lowest BCUT2D eigenvalue weighted by Gasteiger charge is -2.16. The summed E-state index contributed by atoms with van der Waals surface area (Å²) in [5.74, 6) is 0. The Bertz CT molecular complexity index is 612. The summed E-state index contributed by atoms with van der Waals surface area (Å²) in [5.41, 5.74) is 0.934. The minimum absolute atomic E-state index is 0.0669. The van der Waals surface area contributed by atoms with E-state index in [0.717, 1.165) is 28.4 Å². The molecule has 1 N–H and O–H groups in total. The van der Waals surface area contributed by atoms with Gasteiger partial charge in [0, 0.05) is 28.7 Å². The smallest absolute Gasteiger partial charge is 0.272 e. The molecule has 0 aliphatic carbocycles. The normalized spacial score (nSPS) is 12.3. The highest BCUT2D eigenvalue weighted by molar-refractivity contribution is 7.11. The van der Waals surface area contributed by atoms with Gasteiger partial charge in [0.15, 0.2) is 0 Å². The van der Waals surface area contributed by atoms with Gasteiger partial charge in [-0.25, -0.2) is 4.98 Å². The number of nitrogens with zero attached hydrogens (tertiary/aromatic N) is 2. The summed E-state index contributed by atoms with van der Waals surface area (Å²) in [7, 11) is 0. The Hall–Kier alpha value is -1.79. The van der Waals surface area contributed by atoms with E-state index in [-0.39, 0.29) is 16.7 Å². The molecule has 0 bridgehead atoms. The van der Waals surface area contributed by atoms with E-state index >= 15 is 0 Å². The van der Waals surface area contributed by atoms with Crippen molar-refractivity contribution in [2.24, 2.45) is 0 Å². The summed E-state index contributed by atoms with van der Waals surface area (Å²) in [6, 6.07) is 7.00. The number of hydrogen-bond acceptors (Lipinski definition) is 5. The number of hydrogen-bond donors (Lipinski definition) is 1. The van der Waals surface area contributed by atoms with Crippen LogP contribution in [0.25, 0.3) is 0 Å². The van der Waals surface area contributed by atoms with Crippen molar-refractivity contribution in [3.63, 3.8) is 0 Å². The van der Waals surface area contributed by atoms with Gasteiger partial charge in [0.1, 0.15) is 0 Å². The van der Waals surface area contributed by atoms with Gasteiger partial charge in [-0.15, -0.1) is 11.3 Å². The Labute approximate surface area is 128 Å². The second-order valence-corrected chi connectivity index (χ2v) is 6.14. The Balaban J connectivity index is 2.24. The summed E-state index contributed by atoms with van der Waals surface area (Å²) in [6.07, 6.45) is 3.48. The largest absolute Gasteiger partial charge is 0.309 e. The van der Waals surface area contributed by atoms with Gasteiger partial charge in [0.25, 0.3) is 5.69 Å². The summed E-state index contributed by atoms with van der Waals surface area (Å²) in [5, 5.41) is 15.6. The van der Waals surface area contributed by atoms with E-state index in [4.69, 9.17) is 0 Å². The van der Waals surface area contributed by atoms with Crippen LogP contribution in [0, 0.1) is 17.0 Å². The lowest BCUT2D eigenvalue weighted by Crippen LogP contribution is -2.23. The number of nitro groups is 1. The number of thiazole rings is 1. The first-order valence-corrected chi connectivity index (χ1v) is 7.81. The number of nitro benzene ring substituents is 1. The average molecular weight is 305 g/mol. The Kier molecular flexibility index (Phi) is 5.41. The number of para-hydroxylation sites is 1. The van der Waals surface area contributed by atoms with Gasteiger partial charge in [-0.2, -0.15) is 0 Å². The molecular formula is C15H19N3O2S. The molecule has 2 aromatic rings. The molecule has 0 amide bonds. The van der Waals surface area contributed by atoms with Crippen molar-refractivity contribution >= 4 is 17.0 Å². The SMILES string of the molecule is CCCNC(Cc1ccccc1[N+](=O)[O-])c1cnc(C)s1. The van der Waals surface area contributed by atoms with E-state index in [0.29, 0.717) is 6.42 Å². The molecule has 0 aliphatic heterocycles. The van der Waals surface area contributed by atoms with Crippen LogP contribution in [0.1, 0.15) is 34.8 Å². The fourth-order valence-corrected chi connectivity index (χ4v) is 3.07. The summed E-state index contributed by atoms with van der Waals surface area (Å²) < 4.78 is 0. The van der Waals surface area contributed by atoms with Crippen LogP contribution in [0.3, 0.4) is 0 Å². The van der Waals surface area contributed by atoms with Crippen molar-refractivity contribution < 1.29 is 4.92 Å². The fraction of sp³-hybridized carbons (Fsp3) is 0.400. The summed E-state index contributed by atoms with van der Waals surface area (Å²) >= 11 is 1.64. The highest BCUT2D eigenvalue weighted by Gasteiger charge is 2.19. The van der Waals surface area contributed by atoms with Crippen molar-refractivity contribution in [2.75, 3.05) is 6.54 Å². The zero-order chi connectivity index (χ0) is 15.2. The van der Waals surface area contributed by atoms with Gasteiger partial charge >= 0.3 is 0 Å². The molecule has 112 valence electrons. The minimum atomic E-state index is -0.315. The molecule has 21 heavy (non-hydrogen) atoms. The van der Waals surface area contributed by atoms with Crippen LogP contribution in [0.4, 0.5) is 5.69 Å². The van der Waals surface area contributed by atoms with Gasteiger partial charge < -0.3 is 5.32 Å². The third-order valence-electron chi connectivity index (χ3n) is 3.24. The van der Waals surface area contributed by atoms with E-state index < -0.39 is 0 Å². The third kappa shape index (κ3) is 4.09. The zero-order valence-electron chi connectivity index (χ0n) is 12.2. The zero-order valence-corrected chi connectivity index (χ0v) is 13.0. The Morgan fingerprint density at radius 2 is 2.19 bits per heavy atom. The highest BCUT2D eigenvalue weighted by atomic mass is 32.1. The van der Waals surface area contributed by atoms with Gasteiger partial charge in [0.2, 0.25) is 0 Å². The van der Waals surface area contributed by atoms with Gasteiger partial charge in [-0.05, 0) is 26.3 Å². The maximum absolute atomic E-state index is 11.1. The molecule has 5 nitrogen and oxygen atoms in total. The monoisotopic (exact) mass is 305 g/mol. The quantitative estimate of drug-likeness (QED) is 0.626. The van der Waals surface area contributed by atoms with Crippen molar-refractivity contribution in [3.8, 4) is 0 Å². The summed E-state index contributed by atoms with van der Waals surface area (Å²) in [6.45, 7) is 4.95. The van der Waals surface area contributed by atoms with E-state index in [1.807, 2.05) is 25.3 Å². The first-order chi connectivity index (χ1) is 10.1. The van der Waals surface area contributed by atoms with Crippen LogP contribution < -0.4 is 5.32 Å². The molecule has 1 aromatic carbocycles. The second-order valence-electron chi connectivity index (χ2n) is 4.88. The van der Waals surface area contributed by atoms with Gasteiger partial charge in [0.05, 0.1) is 9.93 Å². The third-order valence-corrected chi connectivity index (χ3v) is 4.26. The number of aromatic nitrogens is 1. The summed E-state index contributed by atoms with van der Waals surface area (Å²) in [4.78, 5) is 16.2. The first kappa shape index (κ1) is 15.6. The lowest BCUT2D eigenvalue weighted by atomic mass is 10.0. The highest BCUT2D eigenvalue weighted by Crippen LogP contribution is 2.27. The van der Waals surface area contributed by atoms with Crippen LogP contribution in [0.2, 0.25) is 0 Å². The molecular weight excluding hydrogens is 286 g/mol. The van der Waals surface area contributed by atoms with Crippen molar-refractivity contribution in [1.29, 1.82) is 0 Å². The minimum Gasteiger partial charge on any atom is -0.309 e. The van der Waals surface area contributed by atoms with Crippen molar-refractivity contribution in [1.82, 2.24) is 10.3 Å². The maximum Gasteiger partial charge on any atom is 0.272 e. The van der Waals surface area contributed by atoms with Crippen LogP contribution >= 0.6 is 11.3 Å². The van der Waals surface area contributed by atoms with E-state index in [1.54, 1.807) is 23.5 Å². The maximum atomic E-state index is 11.1.